The molecule has 2 amide bonds. The van der Waals surface area contributed by atoms with E-state index < -0.39 is 0 Å². The third-order valence-electron chi connectivity index (χ3n) is 5.03. The van der Waals surface area contributed by atoms with Crippen LogP contribution in [0.15, 0.2) is 50.8 Å². The van der Waals surface area contributed by atoms with Crippen molar-refractivity contribution in [2.45, 2.75) is 39.8 Å². The first-order valence-electron chi connectivity index (χ1n) is 10.5. The number of anilines is 1. The van der Waals surface area contributed by atoms with E-state index in [2.05, 4.69) is 20.5 Å². The molecule has 1 N–H and O–H groups in total. The Morgan fingerprint density at radius 1 is 1.21 bits per heavy atom. The van der Waals surface area contributed by atoms with E-state index in [0.29, 0.717) is 44.5 Å². The topological polar surface area (TPSA) is 114 Å². The van der Waals surface area contributed by atoms with Crippen molar-refractivity contribution >= 4 is 39.9 Å². The van der Waals surface area contributed by atoms with Gasteiger partial charge in [-0.3, -0.25) is 14.9 Å². The minimum absolute atomic E-state index is 0.0702. The Bertz CT molecular complexity index is 1310. The second-order valence-corrected chi connectivity index (χ2v) is 9.03. The largest absolute Gasteiger partial charge is 0.469 e. The number of aryl methyl sites for hydroxylation is 1. The maximum Gasteiger partial charge on any atom is 0.260 e. The lowest BCUT2D eigenvalue weighted by molar-refractivity contribution is -0.133. The number of halogens is 1. The number of benzene rings is 1. The van der Waals surface area contributed by atoms with Gasteiger partial charge in [-0.1, -0.05) is 23.7 Å². The maximum absolute atomic E-state index is 13.0. The number of carbonyl (C=O) groups is 2. The molecule has 11 heteroatoms. The van der Waals surface area contributed by atoms with Gasteiger partial charge in [0, 0.05) is 11.4 Å². The molecule has 176 valence electrons. The van der Waals surface area contributed by atoms with Crippen molar-refractivity contribution in [1.29, 1.82) is 0 Å². The molecule has 34 heavy (non-hydrogen) atoms. The minimum Gasteiger partial charge on any atom is -0.469 e. The molecule has 9 nitrogen and oxygen atoms in total. The van der Waals surface area contributed by atoms with E-state index in [1.807, 2.05) is 26.0 Å². The van der Waals surface area contributed by atoms with Crippen LogP contribution in [0, 0.1) is 6.92 Å². The van der Waals surface area contributed by atoms with Gasteiger partial charge in [-0.25, -0.2) is 4.98 Å². The van der Waals surface area contributed by atoms with Crippen LogP contribution in [0.5, 0.6) is 0 Å². The van der Waals surface area contributed by atoms with Gasteiger partial charge >= 0.3 is 0 Å². The van der Waals surface area contributed by atoms with Crippen LogP contribution in [-0.2, 0) is 17.8 Å². The van der Waals surface area contributed by atoms with Crippen LogP contribution < -0.4 is 5.32 Å². The molecule has 0 aliphatic heterocycles. The molecule has 0 bridgehead atoms. The summed E-state index contributed by atoms with van der Waals surface area (Å²) in [7, 11) is 0. The lowest BCUT2D eigenvalue weighted by Gasteiger charge is -2.24. The Morgan fingerprint density at radius 3 is 2.71 bits per heavy atom. The van der Waals surface area contributed by atoms with Gasteiger partial charge in [-0.2, -0.15) is 0 Å². The third kappa shape index (κ3) is 5.35. The molecule has 0 unspecified atom stereocenters. The lowest BCUT2D eigenvalue weighted by Crippen LogP contribution is -2.37. The van der Waals surface area contributed by atoms with Gasteiger partial charge in [0.1, 0.15) is 5.76 Å². The van der Waals surface area contributed by atoms with Crippen molar-refractivity contribution in [2.24, 2.45) is 0 Å². The van der Waals surface area contributed by atoms with E-state index in [9.17, 15) is 9.59 Å². The third-order valence-corrected chi connectivity index (χ3v) is 6.16. The van der Waals surface area contributed by atoms with E-state index in [1.165, 1.54) is 17.6 Å². The van der Waals surface area contributed by atoms with Crippen LogP contribution in [0.3, 0.4) is 0 Å². The molecule has 0 saturated carbocycles. The average molecular weight is 500 g/mol. The van der Waals surface area contributed by atoms with Crippen molar-refractivity contribution in [1.82, 2.24) is 20.1 Å². The molecule has 0 aliphatic rings. The van der Waals surface area contributed by atoms with E-state index in [-0.39, 0.29) is 30.8 Å². The van der Waals surface area contributed by atoms with E-state index >= 15 is 0 Å². The van der Waals surface area contributed by atoms with Crippen LogP contribution in [-0.4, -0.2) is 37.9 Å². The molecule has 4 aromatic rings. The maximum atomic E-state index is 13.0. The number of carbonyl (C=O) groups excluding carboxylic acids is 2. The van der Waals surface area contributed by atoms with Crippen LogP contribution in [0.4, 0.5) is 5.13 Å². The second kappa shape index (κ2) is 10.2. The highest BCUT2D eigenvalue weighted by Gasteiger charge is 2.22. The number of hydrogen-bond acceptors (Lipinski definition) is 8. The fraction of sp³-hybridized carbons (Fsp3) is 0.261. The number of furan rings is 1. The Balaban J connectivity index is 1.41. The highest BCUT2D eigenvalue weighted by Crippen LogP contribution is 2.27. The molecule has 0 fully saturated rings. The van der Waals surface area contributed by atoms with Crippen molar-refractivity contribution in [3.63, 3.8) is 0 Å². The summed E-state index contributed by atoms with van der Waals surface area (Å²) in [5, 5.41) is 13.5. The summed E-state index contributed by atoms with van der Waals surface area (Å²) in [6.45, 7) is 5.68. The molecule has 0 saturated heterocycles. The molecular formula is C23H22ClN5O4S. The first kappa shape index (κ1) is 23.7. The number of aromatic nitrogens is 3. The SMILES string of the molecule is Cc1occc1C(=O)Nc1nc(CC(=O)N(Cc2nnc(-c3ccccc3Cl)o2)C(C)C)cs1. The monoisotopic (exact) mass is 499 g/mol. The van der Waals surface area contributed by atoms with Crippen LogP contribution in [0.25, 0.3) is 11.5 Å². The van der Waals surface area contributed by atoms with E-state index in [4.69, 9.17) is 20.4 Å². The number of hydrogen-bond donors (Lipinski definition) is 1. The zero-order chi connectivity index (χ0) is 24.2. The van der Waals surface area contributed by atoms with Crippen LogP contribution in [0.1, 0.15) is 41.6 Å². The van der Waals surface area contributed by atoms with E-state index in [0.717, 1.165) is 0 Å². The van der Waals surface area contributed by atoms with Crippen molar-refractivity contribution in [3.8, 4) is 11.5 Å². The Hall–Kier alpha value is -3.50. The predicted octanol–water partition coefficient (Wildman–Crippen LogP) is 4.98. The standard InChI is InChI=1S/C23H22ClN5O4S/c1-13(2)29(11-19-27-28-22(33-19)17-6-4-5-7-18(17)24)20(30)10-15-12-34-23(25-15)26-21(31)16-8-9-32-14(16)3/h4-9,12-13H,10-11H2,1-3H3,(H,25,26,31). The molecule has 0 spiro atoms. The van der Waals surface area contributed by atoms with Gasteiger partial charge in [-0.15, -0.1) is 21.5 Å². The van der Waals surface area contributed by atoms with Gasteiger partial charge in [0.2, 0.25) is 17.7 Å². The lowest BCUT2D eigenvalue weighted by atomic mass is 10.2. The Morgan fingerprint density at radius 2 is 2.00 bits per heavy atom. The summed E-state index contributed by atoms with van der Waals surface area (Å²) in [6.07, 6.45) is 1.53. The fourth-order valence-corrected chi connectivity index (χ4v) is 4.17. The number of nitrogens with one attached hydrogen (secondary N) is 1. The van der Waals surface area contributed by atoms with Gasteiger partial charge in [0.05, 0.1) is 41.1 Å². The van der Waals surface area contributed by atoms with Gasteiger partial charge in [-0.05, 0) is 39.0 Å². The van der Waals surface area contributed by atoms with Crippen molar-refractivity contribution < 1.29 is 18.4 Å². The summed E-state index contributed by atoms with van der Waals surface area (Å²) in [5.74, 6) is 0.660. The number of amides is 2. The number of rotatable bonds is 8. The minimum atomic E-state index is -0.312. The molecular weight excluding hydrogens is 478 g/mol. The quantitative estimate of drug-likeness (QED) is 0.363. The highest BCUT2D eigenvalue weighted by molar-refractivity contribution is 7.14. The second-order valence-electron chi connectivity index (χ2n) is 7.76. The smallest absolute Gasteiger partial charge is 0.260 e. The summed E-state index contributed by atoms with van der Waals surface area (Å²) >= 11 is 7.46. The summed E-state index contributed by atoms with van der Waals surface area (Å²) in [5.41, 5.74) is 1.63. The predicted molar refractivity (Wildman–Crippen MR) is 128 cm³/mol. The Kier molecular flexibility index (Phi) is 7.09. The highest BCUT2D eigenvalue weighted by atomic mass is 35.5. The molecule has 1 aromatic carbocycles. The first-order chi connectivity index (χ1) is 16.3. The average Bonchev–Trinajstić information content (AvgIpc) is 3.53. The number of nitrogens with zero attached hydrogens (tertiary/aromatic N) is 4. The summed E-state index contributed by atoms with van der Waals surface area (Å²) < 4.78 is 10.9. The normalized spacial score (nSPS) is 11.1. The molecule has 4 rings (SSSR count). The zero-order valence-electron chi connectivity index (χ0n) is 18.7. The van der Waals surface area contributed by atoms with Crippen LogP contribution >= 0.6 is 22.9 Å². The number of thiazole rings is 1. The van der Waals surface area contributed by atoms with Gasteiger partial charge < -0.3 is 13.7 Å². The Labute approximate surface area is 204 Å². The van der Waals surface area contributed by atoms with Gasteiger partial charge in [0.15, 0.2) is 5.13 Å². The summed E-state index contributed by atoms with van der Waals surface area (Å²) in [4.78, 5) is 31.4. The molecule has 3 aromatic heterocycles. The van der Waals surface area contributed by atoms with Crippen LogP contribution in [0.2, 0.25) is 5.02 Å². The summed E-state index contributed by atoms with van der Waals surface area (Å²) in [6, 6.07) is 8.66. The fourth-order valence-electron chi connectivity index (χ4n) is 3.25. The molecule has 0 atom stereocenters. The van der Waals surface area contributed by atoms with E-state index in [1.54, 1.807) is 35.4 Å². The van der Waals surface area contributed by atoms with Crippen molar-refractivity contribution in [2.75, 3.05) is 5.32 Å². The van der Waals surface area contributed by atoms with Gasteiger partial charge in [0.25, 0.3) is 5.91 Å². The zero-order valence-corrected chi connectivity index (χ0v) is 20.3. The molecule has 3 heterocycles. The molecule has 0 radical (unpaired) electrons. The first-order valence-corrected chi connectivity index (χ1v) is 11.7. The molecule has 0 aliphatic carbocycles. The van der Waals surface area contributed by atoms with Crippen molar-refractivity contribution in [3.05, 3.63) is 69.9 Å².